The summed E-state index contributed by atoms with van der Waals surface area (Å²) in [4.78, 5) is 16.6. The third-order valence-electron chi connectivity index (χ3n) is 4.12. The van der Waals surface area contributed by atoms with E-state index in [1.807, 2.05) is 18.2 Å². The van der Waals surface area contributed by atoms with Gasteiger partial charge in [-0.1, -0.05) is 23.7 Å². The summed E-state index contributed by atoms with van der Waals surface area (Å²) in [7, 11) is 0. The Balaban J connectivity index is 1.55. The van der Waals surface area contributed by atoms with Gasteiger partial charge in [-0.3, -0.25) is 9.69 Å². The molecule has 0 radical (unpaired) electrons. The van der Waals surface area contributed by atoms with Crippen molar-refractivity contribution in [2.45, 2.75) is 25.8 Å². The van der Waals surface area contributed by atoms with E-state index in [1.54, 1.807) is 0 Å². The number of carbonyl (C=O) groups is 1. The van der Waals surface area contributed by atoms with E-state index in [1.165, 1.54) is 5.56 Å². The van der Waals surface area contributed by atoms with Crippen molar-refractivity contribution >= 4 is 17.5 Å². The van der Waals surface area contributed by atoms with Crippen LogP contribution in [0.4, 0.5) is 0 Å². The summed E-state index contributed by atoms with van der Waals surface area (Å²) < 4.78 is 0. The maximum Gasteiger partial charge on any atom is 0.225 e. The van der Waals surface area contributed by atoms with Gasteiger partial charge in [-0.2, -0.15) is 0 Å². The van der Waals surface area contributed by atoms with Crippen LogP contribution < -0.4 is 0 Å². The predicted molar refractivity (Wildman–Crippen MR) is 80.7 cm³/mol. The van der Waals surface area contributed by atoms with Gasteiger partial charge in [-0.25, -0.2) is 0 Å². The van der Waals surface area contributed by atoms with Gasteiger partial charge in [-0.15, -0.1) is 0 Å². The zero-order valence-electron chi connectivity index (χ0n) is 11.7. The van der Waals surface area contributed by atoms with Crippen LogP contribution in [0.5, 0.6) is 0 Å². The summed E-state index contributed by atoms with van der Waals surface area (Å²) in [5.74, 6) is 0.726. The molecule has 20 heavy (non-hydrogen) atoms. The first-order valence-corrected chi connectivity index (χ1v) is 7.86. The van der Waals surface area contributed by atoms with Crippen LogP contribution >= 0.6 is 11.6 Å². The van der Waals surface area contributed by atoms with E-state index in [0.717, 1.165) is 57.0 Å². The molecular weight excluding hydrogens is 272 g/mol. The third-order valence-corrected chi connectivity index (χ3v) is 4.36. The number of hydrogen-bond donors (Lipinski definition) is 0. The number of benzene rings is 1. The van der Waals surface area contributed by atoms with Gasteiger partial charge in [0.25, 0.3) is 0 Å². The Morgan fingerprint density at radius 2 is 2.05 bits per heavy atom. The number of halogens is 1. The monoisotopic (exact) mass is 292 g/mol. The Hall–Kier alpha value is -1.06. The zero-order valence-corrected chi connectivity index (χ0v) is 12.5. The molecule has 1 aliphatic heterocycles. The van der Waals surface area contributed by atoms with Gasteiger partial charge in [0, 0.05) is 43.7 Å². The first-order chi connectivity index (χ1) is 9.72. The molecule has 1 saturated heterocycles. The Kier molecular flexibility index (Phi) is 4.27. The minimum Gasteiger partial charge on any atom is -0.341 e. The molecular formula is C16H21ClN2O. The summed E-state index contributed by atoms with van der Waals surface area (Å²) in [5.41, 5.74) is 1.25. The van der Waals surface area contributed by atoms with Gasteiger partial charge in [0.05, 0.1) is 0 Å². The number of hydrogen-bond acceptors (Lipinski definition) is 2. The quantitative estimate of drug-likeness (QED) is 0.855. The fourth-order valence-electron chi connectivity index (χ4n) is 2.83. The molecule has 0 spiro atoms. The molecule has 108 valence electrons. The second-order valence-corrected chi connectivity index (χ2v) is 6.30. The van der Waals surface area contributed by atoms with Crippen molar-refractivity contribution in [2.24, 2.45) is 5.92 Å². The average molecular weight is 293 g/mol. The summed E-state index contributed by atoms with van der Waals surface area (Å²) in [6, 6.07) is 8.05. The highest BCUT2D eigenvalue weighted by Gasteiger charge is 2.33. The van der Waals surface area contributed by atoms with Crippen LogP contribution in [0.3, 0.4) is 0 Å². The van der Waals surface area contributed by atoms with E-state index < -0.39 is 0 Å². The van der Waals surface area contributed by atoms with Crippen LogP contribution in [0.15, 0.2) is 24.3 Å². The minimum absolute atomic E-state index is 0.342. The maximum absolute atomic E-state index is 12.1. The Labute approximate surface area is 125 Å². The molecule has 2 aliphatic rings. The molecule has 0 N–H and O–H groups in total. The summed E-state index contributed by atoms with van der Waals surface area (Å²) >= 11 is 6.03. The topological polar surface area (TPSA) is 23.6 Å². The van der Waals surface area contributed by atoms with Crippen LogP contribution in [0.25, 0.3) is 0 Å². The van der Waals surface area contributed by atoms with Crippen molar-refractivity contribution in [3.63, 3.8) is 0 Å². The van der Waals surface area contributed by atoms with Crippen molar-refractivity contribution in [3.05, 3.63) is 34.9 Å². The molecule has 0 aromatic heterocycles. The Morgan fingerprint density at radius 1 is 1.20 bits per heavy atom. The first-order valence-electron chi connectivity index (χ1n) is 7.48. The molecule has 1 heterocycles. The van der Waals surface area contributed by atoms with E-state index >= 15 is 0 Å². The number of carbonyl (C=O) groups excluding carboxylic acids is 1. The van der Waals surface area contributed by atoms with Crippen LogP contribution in [0, 0.1) is 5.92 Å². The number of amides is 1. The van der Waals surface area contributed by atoms with Gasteiger partial charge in [0.2, 0.25) is 5.91 Å². The molecule has 1 amide bonds. The Morgan fingerprint density at radius 3 is 2.80 bits per heavy atom. The highest BCUT2D eigenvalue weighted by atomic mass is 35.5. The predicted octanol–water partition coefficient (Wildman–Crippen LogP) is 2.78. The van der Waals surface area contributed by atoms with Crippen molar-refractivity contribution in [1.82, 2.24) is 9.80 Å². The molecule has 1 saturated carbocycles. The largest absolute Gasteiger partial charge is 0.341 e. The van der Waals surface area contributed by atoms with Gasteiger partial charge < -0.3 is 4.90 Å². The van der Waals surface area contributed by atoms with Crippen LogP contribution in [0.1, 0.15) is 24.8 Å². The van der Waals surface area contributed by atoms with E-state index in [4.69, 9.17) is 11.6 Å². The van der Waals surface area contributed by atoms with Gasteiger partial charge in [0.1, 0.15) is 0 Å². The normalized spacial score (nSPS) is 20.8. The number of nitrogens with zero attached hydrogens (tertiary/aromatic N) is 2. The lowest BCUT2D eigenvalue weighted by Gasteiger charge is -2.22. The summed E-state index contributed by atoms with van der Waals surface area (Å²) in [5, 5.41) is 0.794. The van der Waals surface area contributed by atoms with E-state index in [0.29, 0.717) is 11.8 Å². The van der Waals surface area contributed by atoms with Crippen molar-refractivity contribution < 1.29 is 4.79 Å². The zero-order chi connectivity index (χ0) is 13.9. The lowest BCUT2D eigenvalue weighted by Crippen LogP contribution is -2.35. The smallest absolute Gasteiger partial charge is 0.225 e. The van der Waals surface area contributed by atoms with Gasteiger partial charge in [-0.05, 0) is 37.0 Å². The highest BCUT2D eigenvalue weighted by molar-refractivity contribution is 6.30. The molecule has 4 heteroatoms. The molecule has 3 rings (SSSR count). The van der Waals surface area contributed by atoms with Gasteiger partial charge in [0.15, 0.2) is 0 Å². The standard InChI is InChI=1S/C16H21ClN2O/c17-15-4-1-3-13(11-15)12-18-7-2-8-19(10-9-18)16(20)14-5-6-14/h1,3-4,11,14H,2,5-10,12H2. The van der Waals surface area contributed by atoms with Crippen molar-refractivity contribution in [1.29, 1.82) is 0 Å². The first kappa shape index (κ1) is 13.9. The second-order valence-electron chi connectivity index (χ2n) is 5.86. The molecule has 0 bridgehead atoms. The lowest BCUT2D eigenvalue weighted by atomic mass is 10.2. The third kappa shape index (κ3) is 3.53. The second kappa shape index (κ2) is 6.15. The highest BCUT2D eigenvalue weighted by Crippen LogP contribution is 2.31. The average Bonchev–Trinajstić information content (AvgIpc) is 3.26. The van der Waals surface area contributed by atoms with Crippen molar-refractivity contribution in [3.8, 4) is 0 Å². The van der Waals surface area contributed by atoms with Gasteiger partial charge >= 0.3 is 0 Å². The SMILES string of the molecule is O=C(C1CC1)N1CCCN(Cc2cccc(Cl)c2)CC1. The molecule has 0 atom stereocenters. The van der Waals surface area contributed by atoms with Crippen LogP contribution in [0.2, 0.25) is 5.02 Å². The molecule has 1 aliphatic carbocycles. The van der Waals surface area contributed by atoms with Crippen molar-refractivity contribution in [2.75, 3.05) is 26.2 Å². The maximum atomic E-state index is 12.1. The fourth-order valence-corrected chi connectivity index (χ4v) is 3.04. The molecule has 1 aromatic rings. The lowest BCUT2D eigenvalue weighted by molar-refractivity contribution is -0.132. The summed E-state index contributed by atoms with van der Waals surface area (Å²) in [6.07, 6.45) is 3.27. The minimum atomic E-state index is 0.342. The molecule has 1 aromatic carbocycles. The molecule has 3 nitrogen and oxygen atoms in total. The van der Waals surface area contributed by atoms with Crippen LogP contribution in [-0.2, 0) is 11.3 Å². The van der Waals surface area contributed by atoms with Crippen LogP contribution in [-0.4, -0.2) is 41.9 Å². The number of rotatable bonds is 3. The van der Waals surface area contributed by atoms with E-state index in [2.05, 4.69) is 15.9 Å². The Bertz CT molecular complexity index is 487. The van der Waals surface area contributed by atoms with E-state index in [-0.39, 0.29) is 0 Å². The molecule has 0 unspecified atom stereocenters. The summed E-state index contributed by atoms with van der Waals surface area (Å²) in [6.45, 7) is 4.73. The van der Waals surface area contributed by atoms with E-state index in [9.17, 15) is 4.79 Å². The fraction of sp³-hybridized carbons (Fsp3) is 0.562. The molecule has 2 fully saturated rings.